The van der Waals surface area contributed by atoms with Crippen molar-refractivity contribution in [3.8, 4) is 0 Å². The van der Waals surface area contributed by atoms with Gasteiger partial charge in [-0.25, -0.2) is 0 Å². The highest BCUT2D eigenvalue weighted by Gasteiger charge is 2.40. The molecule has 0 saturated carbocycles. The maximum absolute atomic E-state index is 11.0. The Morgan fingerprint density at radius 3 is 2.29 bits per heavy atom. The first-order valence-electron chi connectivity index (χ1n) is 5.11. The smallest absolute Gasteiger partial charge is 0.219 e. The van der Waals surface area contributed by atoms with Crippen LogP contribution in [0.2, 0.25) is 0 Å². The van der Waals surface area contributed by atoms with Gasteiger partial charge in [0.2, 0.25) is 5.91 Å². The Labute approximate surface area is 86.4 Å². The van der Waals surface area contributed by atoms with Crippen LogP contribution in [0.15, 0.2) is 0 Å². The number of rotatable bonds is 2. The normalized spacial score (nSPS) is 20.5. The summed E-state index contributed by atoms with van der Waals surface area (Å²) in [6.07, 6.45) is 0. The van der Waals surface area contributed by atoms with Gasteiger partial charge in [-0.1, -0.05) is 6.92 Å². The van der Waals surface area contributed by atoms with Gasteiger partial charge >= 0.3 is 0 Å². The summed E-state index contributed by atoms with van der Waals surface area (Å²) in [5, 5.41) is 0. The number of hydrogen-bond donors (Lipinski definition) is 0. The molecule has 1 saturated heterocycles. The van der Waals surface area contributed by atoms with E-state index in [0.717, 1.165) is 19.7 Å². The number of likely N-dealkylation sites (tertiary alicyclic amines) is 1. The summed E-state index contributed by atoms with van der Waals surface area (Å²) in [6, 6.07) is 0. The van der Waals surface area contributed by atoms with E-state index in [0.29, 0.717) is 0 Å². The molecule has 0 spiro atoms. The van der Waals surface area contributed by atoms with Crippen LogP contribution in [0.4, 0.5) is 0 Å². The first-order valence-corrected chi connectivity index (χ1v) is 5.11. The van der Waals surface area contributed by atoms with Gasteiger partial charge in [0, 0.05) is 25.4 Å². The zero-order chi connectivity index (χ0) is 11.0. The molecule has 0 aliphatic carbocycles. The molecule has 0 aromatic heterocycles. The van der Waals surface area contributed by atoms with Crippen molar-refractivity contribution in [3.63, 3.8) is 0 Å². The second-order valence-electron chi connectivity index (χ2n) is 5.59. The van der Waals surface area contributed by atoms with Gasteiger partial charge in [-0.3, -0.25) is 4.79 Å². The third-order valence-electron chi connectivity index (χ3n) is 2.44. The maximum atomic E-state index is 11.0. The fraction of sp³-hybridized carbons (Fsp3) is 0.909. The predicted molar refractivity (Wildman–Crippen MR) is 56.1 cm³/mol. The van der Waals surface area contributed by atoms with Crippen LogP contribution >= 0.6 is 0 Å². The standard InChI is InChI=1S/C11H21NO2/c1-9(13)12-6-11(5,7-12)8-14-10(2,3)4/h6-8H2,1-5H3. The molecular formula is C11H21NO2. The summed E-state index contributed by atoms with van der Waals surface area (Å²) in [5.41, 5.74) is 0.0819. The minimum Gasteiger partial charge on any atom is -0.375 e. The van der Waals surface area contributed by atoms with Crippen LogP contribution in [0.1, 0.15) is 34.6 Å². The van der Waals surface area contributed by atoms with Crippen LogP contribution in [0, 0.1) is 5.41 Å². The zero-order valence-electron chi connectivity index (χ0n) is 9.89. The highest BCUT2D eigenvalue weighted by molar-refractivity contribution is 5.74. The molecule has 0 aromatic rings. The molecule has 1 fully saturated rings. The third kappa shape index (κ3) is 2.98. The van der Waals surface area contributed by atoms with E-state index in [1.54, 1.807) is 6.92 Å². The second-order valence-corrected chi connectivity index (χ2v) is 5.59. The Kier molecular flexibility index (Phi) is 2.91. The van der Waals surface area contributed by atoms with Crippen molar-refractivity contribution < 1.29 is 9.53 Å². The maximum Gasteiger partial charge on any atom is 0.219 e. The van der Waals surface area contributed by atoms with Gasteiger partial charge in [0.1, 0.15) is 0 Å². The molecule has 0 N–H and O–H groups in total. The van der Waals surface area contributed by atoms with E-state index in [9.17, 15) is 4.79 Å². The Balaban J connectivity index is 2.31. The van der Waals surface area contributed by atoms with E-state index >= 15 is 0 Å². The van der Waals surface area contributed by atoms with Gasteiger partial charge in [0.25, 0.3) is 0 Å². The lowest BCUT2D eigenvalue weighted by molar-refractivity contribution is -0.148. The van der Waals surface area contributed by atoms with Gasteiger partial charge in [-0.05, 0) is 20.8 Å². The highest BCUT2D eigenvalue weighted by Crippen LogP contribution is 2.31. The van der Waals surface area contributed by atoms with E-state index in [4.69, 9.17) is 4.74 Å². The molecule has 0 bridgehead atoms. The Morgan fingerprint density at radius 1 is 1.43 bits per heavy atom. The number of amides is 1. The number of hydrogen-bond acceptors (Lipinski definition) is 2. The van der Waals surface area contributed by atoms with Crippen LogP contribution in [0.3, 0.4) is 0 Å². The van der Waals surface area contributed by atoms with Crippen molar-refractivity contribution in [3.05, 3.63) is 0 Å². The summed E-state index contributed by atoms with van der Waals surface area (Å²) in [4.78, 5) is 12.9. The monoisotopic (exact) mass is 199 g/mol. The van der Waals surface area contributed by atoms with Crippen molar-refractivity contribution in [1.29, 1.82) is 0 Å². The van der Waals surface area contributed by atoms with Crippen LogP contribution in [-0.4, -0.2) is 36.1 Å². The molecule has 1 aliphatic heterocycles. The predicted octanol–water partition coefficient (Wildman–Crippen LogP) is 1.67. The van der Waals surface area contributed by atoms with E-state index in [2.05, 4.69) is 27.7 Å². The summed E-state index contributed by atoms with van der Waals surface area (Å²) in [7, 11) is 0. The fourth-order valence-corrected chi connectivity index (χ4v) is 1.58. The average molecular weight is 199 g/mol. The first-order chi connectivity index (χ1) is 6.22. The minimum absolute atomic E-state index is 0.0837. The van der Waals surface area contributed by atoms with Crippen molar-refractivity contribution in [2.75, 3.05) is 19.7 Å². The van der Waals surface area contributed by atoms with Crippen molar-refractivity contribution in [2.24, 2.45) is 5.41 Å². The molecule has 3 heteroatoms. The van der Waals surface area contributed by atoms with Crippen LogP contribution in [-0.2, 0) is 9.53 Å². The lowest BCUT2D eigenvalue weighted by atomic mass is 9.82. The molecular weight excluding hydrogens is 178 g/mol. The second kappa shape index (κ2) is 3.54. The highest BCUT2D eigenvalue weighted by atomic mass is 16.5. The molecule has 0 unspecified atom stereocenters. The summed E-state index contributed by atoms with van der Waals surface area (Å²) >= 11 is 0. The van der Waals surface area contributed by atoms with Gasteiger partial charge in [-0.15, -0.1) is 0 Å². The van der Waals surface area contributed by atoms with E-state index in [1.165, 1.54) is 0 Å². The topological polar surface area (TPSA) is 29.5 Å². The van der Waals surface area contributed by atoms with Crippen molar-refractivity contribution >= 4 is 5.91 Å². The van der Waals surface area contributed by atoms with Crippen molar-refractivity contribution in [2.45, 2.75) is 40.2 Å². The zero-order valence-corrected chi connectivity index (χ0v) is 9.89. The lowest BCUT2D eigenvalue weighted by Gasteiger charge is -2.48. The molecule has 0 radical (unpaired) electrons. The lowest BCUT2D eigenvalue weighted by Crippen LogP contribution is -2.58. The molecule has 1 rings (SSSR count). The van der Waals surface area contributed by atoms with E-state index in [1.807, 2.05) is 4.90 Å². The molecule has 1 heterocycles. The Morgan fingerprint density at radius 2 is 1.93 bits per heavy atom. The van der Waals surface area contributed by atoms with Gasteiger partial charge in [-0.2, -0.15) is 0 Å². The average Bonchev–Trinajstić information content (AvgIpc) is 1.93. The molecule has 1 amide bonds. The third-order valence-corrected chi connectivity index (χ3v) is 2.44. The van der Waals surface area contributed by atoms with Crippen LogP contribution in [0.25, 0.3) is 0 Å². The molecule has 82 valence electrons. The van der Waals surface area contributed by atoms with Gasteiger partial charge in [0.05, 0.1) is 12.2 Å². The summed E-state index contributed by atoms with van der Waals surface area (Å²) in [6.45, 7) is 12.3. The molecule has 0 atom stereocenters. The number of nitrogens with zero attached hydrogens (tertiary/aromatic N) is 1. The van der Waals surface area contributed by atoms with Crippen LogP contribution < -0.4 is 0 Å². The molecule has 14 heavy (non-hydrogen) atoms. The molecule has 0 aromatic carbocycles. The summed E-state index contributed by atoms with van der Waals surface area (Å²) in [5.74, 6) is 0.165. The van der Waals surface area contributed by atoms with Crippen LogP contribution in [0.5, 0.6) is 0 Å². The van der Waals surface area contributed by atoms with E-state index in [-0.39, 0.29) is 16.9 Å². The minimum atomic E-state index is -0.0837. The first kappa shape index (κ1) is 11.5. The summed E-state index contributed by atoms with van der Waals surface area (Å²) < 4.78 is 5.73. The largest absolute Gasteiger partial charge is 0.375 e. The molecule has 3 nitrogen and oxygen atoms in total. The van der Waals surface area contributed by atoms with E-state index < -0.39 is 0 Å². The quantitative estimate of drug-likeness (QED) is 0.677. The van der Waals surface area contributed by atoms with Gasteiger partial charge in [0.15, 0.2) is 0 Å². The number of carbonyl (C=O) groups excluding carboxylic acids is 1. The Hall–Kier alpha value is -0.570. The Bertz CT molecular complexity index is 224. The number of carbonyl (C=O) groups is 1. The number of ether oxygens (including phenoxy) is 1. The fourth-order valence-electron chi connectivity index (χ4n) is 1.58. The molecule has 1 aliphatic rings. The van der Waals surface area contributed by atoms with Gasteiger partial charge < -0.3 is 9.64 Å². The SMILES string of the molecule is CC(=O)N1CC(C)(COC(C)(C)C)C1. The van der Waals surface area contributed by atoms with Crippen molar-refractivity contribution in [1.82, 2.24) is 4.90 Å².